The van der Waals surface area contributed by atoms with Gasteiger partial charge in [-0.3, -0.25) is 0 Å². The van der Waals surface area contributed by atoms with E-state index in [0.717, 1.165) is 11.3 Å². The lowest BCUT2D eigenvalue weighted by Crippen LogP contribution is -2.21. The molecule has 0 fully saturated rings. The third kappa shape index (κ3) is 3.13. The molecule has 1 aromatic heterocycles. The standard InChI is InChI=1S/C13H17FN4/c1-9(2)15-7-12-8-18(17-16-12)13-5-10(3)4-11(14)6-13/h4-6,8-9,15H,7H2,1-3H3. The van der Waals surface area contributed by atoms with Gasteiger partial charge in [-0.15, -0.1) is 5.10 Å². The molecular weight excluding hydrogens is 231 g/mol. The van der Waals surface area contributed by atoms with E-state index in [0.29, 0.717) is 18.3 Å². The van der Waals surface area contributed by atoms with Gasteiger partial charge in [0.2, 0.25) is 0 Å². The van der Waals surface area contributed by atoms with Crippen LogP contribution in [0.25, 0.3) is 5.69 Å². The van der Waals surface area contributed by atoms with Gasteiger partial charge in [-0.2, -0.15) is 0 Å². The van der Waals surface area contributed by atoms with Crippen molar-refractivity contribution < 1.29 is 4.39 Å². The maximum Gasteiger partial charge on any atom is 0.125 e. The zero-order valence-corrected chi connectivity index (χ0v) is 10.8. The van der Waals surface area contributed by atoms with Crippen LogP contribution in [0.3, 0.4) is 0 Å². The maximum atomic E-state index is 13.3. The van der Waals surface area contributed by atoms with Crippen molar-refractivity contribution in [2.75, 3.05) is 0 Å². The lowest BCUT2D eigenvalue weighted by atomic mass is 10.2. The van der Waals surface area contributed by atoms with Crippen LogP contribution in [0, 0.1) is 12.7 Å². The van der Waals surface area contributed by atoms with Crippen molar-refractivity contribution in [2.24, 2.45) is 0 Å². The van der Waals surface area contributed by atoms with Crippen LogP contribution in [-0.4, -0.2) is 21.0 Å². The summed E-state index contributed by atoms with van der Waals surface area (Å²) in [5.74, 6) is -0.262. The maximum absolute atomic E-state index is 13.3. The van der Waals surface area contributed by atoms with E-state index < -0.39 is 0 Å². The van der Waals surface area contributed by atoms with Gasteiger partial charge in [0.15, 0.2) is 0 Å². The predicted octanol–water partition coefficient (Wildman–Crippen LogP) is 2.21. The highest BCUT2D eigenvalue weighted by molar-refractivity contribution is 5.35. The number of hydrogen-bond acceptors (Lipinski definition) is 3. The second kappa shape index (κ2) is 5.27. The van der Waals surface area contributed by atoms with Crippen molar-refractivity contribution in [3.8, 4) is 5.69 Å². The van der Waals surface area contributed by atoms with E-state index in [2.05, 4.69) is 29.5 Å². The summed E-state index contributed by atoms with van der Waals surface area (Å²) in [6.07, 6.45) is 1.81. The lowest BCUT2D eigenvalue weighted by Gasteiger charge is -2.04. The number of aryl methyl sites for hydroxylation is 1. The fraction of sp³-hybridized carbons (Fsp3) is 0.385. The summed E-state index contributed by atoms with van der Waals surface area (Å²) in [6, 6.07) is 5.20. The quantitative estimate of drug-likeness (QED) is 0.902. The van der Waals surface area contributed by atoms with Crippen molar-refractivity contribution in [1.82, 2.24) is 20.3 Å². The Morgan fingerprint density at radius 1 is 1.33 bits per heavy atom. The number of nitrogens with one attached hydrogen (secondary N) is 1. The molecule has 4 nitrogen and oxygen atoms in total. The molecule has 1 N–H and O–H groups in total. The zero-order valence-electron chi connectivity index (χ0n) is 10.8. The SMILES string of the molecule is Cc1cc(F)cc(-n2cc(CNC(C)C)nn2)c1. The van der Waals surface area contributed by atoms with Crippen molar-refractivity contribution in [3.05, 3.63) is 41.5 Å². The van der Waals surface area contributed by atoms with Crippen LogP contribution in [0.15, 0.2) is 24.4 Å². The molecule has 0 saturated carbocycles. The molecule has 0 aliphatic rings. The number of benzene rings is 1. The molecular formula is C13H17FN4. The van der Waals surface area contributed by atoms with Gasteiger partial charge in [0, 0.05) is 12.6 Å². The summed E-state index contributed by atoms with van der Waals surface area (Å²) in [7, 11) is 0. The fourth-order valence-electron chi connectivity index (χ4n) is 1.66. The Bertz CT molecular complexity index is 513. The van der Waals surface area contributed by atoms with Gasteiger partial charge in [-0.05, 0) is 30.7 Å². The highest BCUT2D eigenvalue weighted by atomic mass is 19.1. The van der Waals surface area contributed by atoms with Crippen LogP contribution in [-0.2, 0) is 6.54 Å². The molecule has 0 radical (unpaired) electrons. The number of nitrogens with zero attached hydrogens (tertiary/aromatic N) is 3. The Labute approximate surface area is 106 Å². The Morgan fingerprint density at radius 2 is 2.11 bits per heavy atom. The van der Waals surface area contributed by atoms with Crippen LogP contribution in [0.2, 0.25) is 0 Å². The van der Waals surface area contributed by atoms with Crippen LogP contribution < -0.4 is 5.32 Å². The summed E-state index contributed by atoms with van der Waals surface area (Å²) in [5.41, 5.74) is 2.39. The molecule has 0 aliphatic heterocycles. The first-order valence-electron chi connectivity index (χ1n) is 5.97. The molecule has 18 heavy (non-hydrogen) atoms. The number of aromatic nitrogens is 3. The Kier molecular flexibility index (Phi) is 3.72. The number of hydrogen-bond donors (Lipinski definition) is 1. The summed E-state index contributed by atoms with van der Waals surface area (Å²) >= 11 is 0. The first-order chi connectivity index (χ1) is 8.54. The molecule has 0 aliphatic carbocycles. The molecule has 2 rings (SSSR count). The van der Waals surface area contributed by atoms with E-state index in [1.54, 1.807) is 4.68 Å². The smallest absolute Gasteiger partial charge is 0.125 e. The number of halogens is 1. The van der Waals surface area contributed by atoms with Gasteiger partial charge >= 0.3 is 0 Å². The molecule has 0 spiro atoms. The topological polar surface area (TPSA) is 42.7 Å². The average molecular weight is 248 g/mol. The molecule has 5 heteroatoms. The molecule has 1 heterocycles. The third-order valence-corrected chi connectivity index (χ3v) is 2.52. The van der Waals surface area contributed by atoms with Crippen LogP contribution in [0.5, 0.6) is 0 Å². The summed E-state index contributed by atoms with van der Waals surface area (Å²) < 4.78 is 14.9. The first kappa shape index (κ1) is 12.7. The number of rotatable bonds is 4. The minimum atomic E-state index is -0.262. The van der Waals surface area contributed by atoms with Crippen molar-refractivity contribution in [1.29, 1.82) is 0 Å². The predicted molar refractivity (Wildman–Crippen MR) is 68.0 cm³/mol. The van der Waals surface area contributed by atoms with E-state index in [1.165, 1.54) is 12.1 Å². The van der Waals surface area contributed by atoms with E-state index in [1.807, 2.05) is 19.2 Å². The van der Waals surface area contributed by atoms with Crippen LogP contribution in [0.1, 0.15) is 25.1 Å². The van der Waals surface area contributed by atoms with Gasteiger partial charge in [0.25, 0.3) is 0 Å². The molecule has 0 bridgehead atoms. The van der Waals surface area contributed by atoms with Crippen molar-refractivity contribution in [3.63, 3.8) is 0 Å². The Hall–Kier alpha value is -1.75. The van der Waals surface area contributed by atoms with Gasteiger partial charge in [0.05, 0.1) is 17.6 Å². The molecule has 0 unspecified atom stereocenters. The summed E-state index contributed by atoms with van der Waals surface area (Å²) in [6.45, 7) is 6.65. The normalized spacial score (nSPS) is 11.2. The molecule has 2 aromatic rings. The van der Waals surface area contributed by atoms with Crippen molar-refractivity contribution >= 4 is 0 Å². The Balaban J connectivity index is 2.18. The van der Waals surface area contributed by atoms with Crippen LogP contribution >= 0.6 is 0 Å². The average Bonchev–Trinajstić information content (AvgIpc) is 2.73. The van der Waals surface area contributed by atoms with Crippen molar-refractivity contribution in [2.45, 2.75) is 33.4 Å². The first-order valence-corrected chi connectivity index (χ1v) is 5.97. The van der Waals surface area contributed by atoms with Gasteiger partial charge in [-0.1, -0.05) is 19.1 Å². The minimum absolute atomic E-state index is 0.262. The molecule has 1 aromatic carbocycles. The molecule has 96 valence electrons. The van der Waals surface area contributed by atoms with Gasteiger partial charge < -0.3 is 5.32 Å². The van der Waals surface area contributed by atoms with E-state index in [4.69, 9.17) is 0 Å². The van der Waals surface area contributed by atoms with Gasteiger partial charge in [-0.25, -0.2) is 9.07 Å². The molecule has 0 atom stereocenters. The highest BCUT2D eigenvalue weighted by Crippen LogP contribution is 2.12. The van der Waals surface area contributed by atoms with E-state index in [-0.39, 0.29) is 5.82 Å². The molecule has 0 amide bonds. The monoisotopic (exact) mass is 248 g/mol. The fourth-order valence-corrected chi connectivity index (χ4v) is 1.66. The highest BCUT2D eigenvalue weighted by Gasteiger charge is 2.05. The summed E-state index contributed by atoms with van der Waals surface area (Å²) in [5, 5.41) is 11.3. The van der Waals surface area contributed by atoms with Crippen LogP contribution in [0.4, 0.5) is 4.39 Å². The second-order valence-electron chi connectivity index (χ2n) is 4.68. The second-order valence-corrected chi connectivity index (χ2v) is 4.68. The Morgan fingerprint density at radius 3 is 2.78 bits per heavy atom. The third-order valence-electron chi connectivity index (χ3n) is 2.52. The summed E-state index contributed by atoms with van der Waals surface area (Å²) in [4.78, 5) is 0. The lowest BCUT2D eigenvalue weighted by molar-refractivity contribution is 0.580. The zero-order chi connectivity index (χ0) is 13.1. The largest absolute Gasteiger partial charge is 0.309 e. The van der Waals surface area contributed by atoms with E-state index >= 15 is 0 Å². The van der Waals surface area contributed by atoms with E-state index in [9.17, 15) is 4.39 Å². The molecule has 0 saturated heterocycles. The van der Waals surface area contributed by atoms with Gasteiger partial charge in [0.1, 0.15) is 5.82 Å². The minimum Gasteiger partial charge on any atom is -0.309 e.